The van der Waals surface area contributed by atoms with Crippen molar-refractivity contribution in [3.8, 4) is 22.9 Å². The van der Waals surface area contributed by atoms with Crippen molar-refractivity contribution in [1.82, 2.24) is 30.8 Å². The van der Waals surface area contributed by atoms with Crippen molar-refractivity contribution in [2.24, 2.45) is 0 Å². The maximum absolute atomic E-state index is 12.3. The molecule has 190 valence electrons. The van der Waals surface area contributed by atoms with Crippen molar-refractivity contribution in [3.63, 3.8) is 0 Å². The van der Waals surface area contributed by atoms with Gasteiger partial charge in [0.2, 0.25) is 11.7 Å². The smallest absolute Gasteiger partial charge is 0.243 e. The van der Waals surface area contributed by atoms with E-state index in [9.17, 15) is 4.79 Å². The predicted octanol–water partition coefficient (Wildman–Crippen LogP) is 4.85. The fourth-order valence-corrected chi connectivity index (χ4v) is 3.88. The molecule has 0 aliphatic rings. The predicted molar refractivity (Wildman–Crippen MR) is 148 cm³/mol. The molecule has 37 heavy (non-hydrogen) atoms. The van der Waals surface area contributed by atoms with Crippen LogP contribution in [0.5, 0.6) is 11.5 Å². The summed E-state index contributed by atoms with van der Waals surface area (Å²) in [5.74, 6) is 0.966. The van der Waals surface area contributed by atoms with Crippen LogP contribution in [0.4, 0.5) is 5.69 Å². The lowest BCUT2D eigenvalue weighted by atomic mass is 10.2. The highest BCUT2D eigenvalue weighted by molar-refractivity contribution is 7.80. The molecule has 4 aromatic rings. The molecule has 0 aliphatic heterocycles. The van der Waals surface area contributed by atoms with Crippen molar-refractivity contribution in [1.29, 1.82) is 0 Å². The van der Waals surface area contributed by atoms with E-state index in [1.165, 1.54) is 10.4 Å². The molecule has 0 aliphatic carbocycles. The summed E-state index contributed by atoms with van der Waals surface area (Å²) in [6.07, 6.45) is 0. The summed E-state index contributed by atoms with van der Waals surface area (Å²) in [6.45, 7) is 2.75. The number of thiocarbonyl (C=S) groups is 1. The number of nitrogens with zero attached hydrogens (tertiary/aromatic N) is 4. The van der Waals surface area contributed by atoms with Crippen LogP contribution < -0.4 is 20.7 Å². The normalized spacial score (nSPS) is 10.6. The molecule has 0 atom stereocenters. The van der Waals surface area contributed by atoms with Gasteiger partial charge in [0.25, 0.3) is 0 Å². The molecule has 0 spiro atoms. The van der Waals surface area contributed by atoms with Crippen LogP contribution in [0.3, 0.4) is 0 Å². The van der Waals surface area contributed by atoms with E-state index in [0.717, 1.165) is 5.69 Å². The number of para-hydroxylation sites is 1. The van der Waals surface area contributed by atoms with Gasteiger partial charge in [-0.05, 0) is 66.8 Å². The summed E-state index contributed by atoms with van der Waals surface area (Å²) in [7, 11) is 0. The monoisotopic (exact) mass is 555 g/mol. The molecule has 0 radical (unpaired) electrons. The first-order valence-corrected chi connectivity index (χ1v) is 12.4. The number of aromatic nitrogens is 4. The minimum Gasteiger partial charge on any atom is -0.455 e. The number of nitrogens with one attached hydrogen (secondary N) is 3. The van der Waals surface area contributed by atoms with Crippen molar-refractivity contribution in [3.05, 3.63) is 82.3 Å². The van der Waals surface area contributed by atoms with Crippen molar-refractivity contribution in [2.75, 3.05) is 18.4 Å². The van der Waals surface area contributed by atoms with Crippen LogP contribution in [0.25, 0.3) is 11.4 Å². The lowest BCUT2D eigenvalue weighted by Crippen LogP contribution is -2.38. The number of anilines is 1. The van der Waals surface area contributed by atoms with Gasteiger partial charge in [-0.15, -0.1) is 10.2 Å². The van der Waals surface area contributed by atoms with E-state index in [1.807, 2.05) is 43.3 Å². The van der Waals surface area contributed by atoms with Gasteiger partial charge in [-0.3, -0.25) is 4.79 Å². The highest BCUT2D eigenvalue weighted by Crippen LogP contribution is 2.35. The molecule has 1 heterocycles. The average Bonchev–Trinajstić information content (AvgIpc) is 3.33. The third kappa shape index (κ3) is 7.63. The molecule has 3 aromatic carbocycles. The molecule has 9 nitrogen and oxygen atoms in total. The Morgan fingerprint density at radius 3 is 2.54 bits per heavy atom. The van der Waals surface area contributed by atoms with E-state index in [1.54, 1.807) is 30.3 Å². The molecule has 0 saturated heterocycles. The molecule has 0 unspecified atom stereocenters. The van der Waals surface area contributed by atoms with E-state index < -0.39 is 0 Å². The number of halogens is 2. The van der Waals surface area contributed by atoms with Gasteiger partial charge in [-0.1, -0.05) is 53.0 Å². The maximum Gasteiger partial charge on any atom is 0.243 e. The van der Waals surface area contributed by atoms with Gasteiger partial charge in [0.05, 0.1) is 10.6 Å². The van der Waals surface area contributed by atoms with E-state index in [4.69, 9.17) is 40.2 Å². The summed E-state index contributed by atoms with van der Waals surface area (Å²) in [6, 6.07) is 20.0. The first kappa shape index (κ1) is 26.3. The number of ether oxygens (including phenoxy) is 1. The van der Waals surface area contributed by atoms with Gasteiger partial charge in [0, 0.05) is 23.8 Å². The van der Waals surface area contributed by atoms with Crippen LogP contribution in [0.1, 0.15) is 5.56 Å². The maximum atomic E-state index is 12.3. The van der Waals surface area contributed by atoms with Gasteiger partial charge in [0.1, 0.15) is 18.0 Å². The first-order chi connectivity index (χ1) is 17.9. The molecule has 1 amide bonds. The van der Waals surface area contributed by atoms with E-state index in [-0.39, 0.29) is 12.5 Å². The zero-order valence-corrected chi connectivity index (χ0v) is 22.1. The largest absolute Gasteiger partial charge is 0.455 e. The highest BCUT2D eigenvalue weighted by Gasteiger charge is 2.15. The molecule has 0 fully saturated rings. The number of benzene rings is 3. The molecule has 1 aromatic heterocycles. The van der Waals surface area contributed by atoms with Crippen LogP contribution in [0, 0.1) is 6.92 Å². The standard InChI is InChI=1S/C25H23Cl2N7O2S/c1-16-6-9-18(10-7-16)30-25(37)29-13-12-28-23(35)15-34-32-24(31-33-34)19-4-2-3-5-21(19)36-22-11-8-17(26)14-20(22)27/h2-11,14H,12-13,15H2,1H3,(H,28,35)(H2,29,30,37). The van der Waals surface area contributed by atoms with E-state index in [0.29, 0.717) is 51.1 Å². The Balaban J connectivity index is 1.27. The Hall–Kier alpha value is -3.73. The molecule has 12 heteroatoms. The van der Waals surface area contributed by atoms with E-state index in [2.05, 4.69) is 31.4 Å². The second kappa shape index (κ2) is 12.5. The SMILES string of the molecule is Cc1ccc(NC(=S)NCCNC(=O)Cn2nnc(-c3ccccc3Oc3ccc(Cl)cc3Cl)n2)cc1. The Morgan fingerprint density at radius 1 is 1.00 bits per heavy atom. The minimum absolute atomic E-state index is 0.0922. The van der Waals surface area contributed by atoms with Gasteiger partial charge >= 0.3 is 0 Å². The lowest BCUT2D eigenvalue weighted by molar-refractivity contribution is -0.122. The van der Waals surface area contributed by atoms with Crippen molar-refractivity contribution >= 4 is 52.1 Å². The second-order valence-electron chi connectivity index (χ2n) is 7.91. The zero-order chi connectivity index (χ0) is 26.2. The van der Waals surface area contributed by atoms with Crippen molar-refractivity contribution < 1.29 is 9.53 Å². The van der Waals surface area contributed by atoms with Crippen LogP contribution in [0.2, 0.25) is 10.0 Å². The summed E-state index contributed by atoms with van der Waals surface area (Å²) < 4.78 is 5.96. The Kier molecular flexibility index (Phi) is 8.89. The third-order valence-corrected chi connectivity index (χ3v) is 5.80. The molecular weight excluding hydrogens is 533 g/mol. The summed E-state index contributed by atoms with van der Waals surface area (Å²) in [5.41, 5.74) is 2.66. The topological polar surface area (TPSA) is 106 Å². The highest BCUT2D eigenvalue weighted by atomic mass is 35.5. The number of aryl methyl sites for hydroxylation is 1. The van der Waals surface area contributed by atoms with Crippen LogP contribution >= 0.6 is 35.4 Å². The first-order valence-electron chi connectivity index (χ1n) is 11.3. The number of carbonyl (C=O) groups excluding carboxylic acids is 1. The molecular formula is C25H23Cl2N7O2S. The summed E-state index contributed by atoms with van der Waals surface area (Å²) in [4.78, 5) is 13.5. The molecule has 3 N–H and O–H groups in total. The Bertz CT molecular complexity index is 1400. The molecule has 0 saturated carbocycles. The van der Waals surface area contributed by atoms with E-state index >= 15 is 0 Å². The number of rotatable bonds is 9. The summed E-state index contributed by atoms with van der Waals surface area (Å²) in [5, 5.41) is 22.7. The fourth-order valence-electron chi connectivity index (χ4n) is 3.21. The number of amides is 1. The number of hydrogen-bond acceptors (Lipinski definition) is 6. The number of hydrogen-bond donors (Lipinski definition) is 3. The Morgan fingerprint density at radius 2 is 1.76 bits per heavy atom. The van der Waals surface area contributed by atoms with Crippen LogP contribution in [0.15, 0.2) is 66.7 Å². The quantitative estimate of drug-likeness (QED) is 0.199. The zero-order valence-electron chi connectivity index (χ0n) is 19.7. The molecule has 0 bridgehead atoms. The van der Waals surface area contributed by atoms with Gasteiger partial charge in [-0.2, -0.15) is 4.80 Å². The van der Waals surface area contributed by atoms with Gasteiger partial charge in [-0.25, -0.2) is 0 Å². The van der Waals surface area contributed by atoms with Crippen LogP contribution in [-0.2, 0) is 11.3 Å². The van der Waals surface area contributed by atoms with Crippen molar-refractivity contribution in [2.45, 2.75) is 13.5 Å². The Labute approximate surface area is 229 Å². The molecule has 4 rings (SSSR count). The third-order valence-electron chi connectivity index (χ3n) is 5.02. The van der Waals surface area contributed by atoms with Crippen LogP contribution in [-0.4, -0.2) is 44.3 Å². The summed E-state index contributed by atoms with van der Waals surface area (Å²) >= 11 is 17.5. The average molecular weight is 556 g/mol. The number of tetrazole rings is 1. The van der Waals surface area contributed by atoms with Gasteiger partial charge in [0.15, 0.2) is 5.11 Å². The van der Waals surface area contributed by atoms with Gasteiger partial charge < -0.3 is 20.7 Å². The number of carbonyl (C=O) groups is 1. The fraction of sp³-hybridized carbons (Fsp3) is 0.160. The second-order valence-corrected chi connectivity index (χ2v) is 9.17. The minimum atomic E-state index is -0.263. The lowest BCUT2D eigenvalue weighted by Gasteiger charge is -2.11.